The van der Waals surface area contributed by atoms with Gasteiger partial charge in [0.05, 0.1) is 11.6 Å². The molecule has 0 aliphatic heterocycles. The average Bonchev–Trinajstić information content (AvgIpc) is 3.22. The van der Waals surface area contributed by atoms with E-state index in [1.165, 1.54) is 12.8 Å². The Kier molecular flexibility index (Phi) is 5.95. The third-order valence-electron chi connectivity index (χ3n) is 3.20. The second-order valence-electron chi connectivity index (χ2n) is 4.93. The Hall–Kier alpha value is -0.770. The van der Waals surface area contributed by atoms with Crippen LogP contribution in [-0.2, 0) is 11.3 Å². The molecule has 1 saturated carbocycles. The highest BCUT2D eigenvalue weighted by atomic mass is 35.5. The van der Waals surface area contributed by atoms with Gasteiger partial charge in [0.25, 0.3) is 0 Å². The van der Waals surface area contributed by atoms with E-state index in [9.17, 15) is 0 Å². The molecule has 19 heavy (non-hydrogen) atoms. The second-order valence-corrected chi connectivity index (χ2v) is 5.34. The van der Waals surface area contributed by atoms with Crippen molar-refractivity contribution >= 4 is 11.6 Å². The number of methoxy groups -OCH3 is 1. The first kappa shape index (κ1) is 14.6. The summed E-state index contributed by atoms with van der Waals surface area (Å²) in [6.07, 6.45) is 4.56. The van der Waals surface area contributed by atoms with Crippen molar-refractivity contribution in [2.45, 2.75) is 38.3 Å². The van der Waals surface area contributed by atoms with Crippen LogP contribution in [0, 0.1) is 0 Å². The van der Waals surface area contributed by atoms with Crippen molar-refractivity contribution in [3.63, 3.8) is 0 Å². The standard InChI is InChI=1S/C15H22ClNO2/c1-18-9-2-3-10-19-15-12(5-4-6-14(15)16)11-17-13-7-8-13/h4-6,13,17H,2-3,7-11H2,1H3. The Balaban J connectivity index is 1.84. The van der Waals surface area contributed by atoms with E-state index < -0.39 is 0 Å². The summed E-state index contributed by atoms with van der Waals surface area (Å²) in [5, 5.41) is 4.19. The number of rotatable bonds is 9. The third kappa shape index (κ3) is 5.01. The molecule has 0 radical (unpaired) electrons. The van der Waals surface area contributed by atoms with Crippen LogP contribution in [0.25, 0.3) is 0 Å². The summed E-state index contributed by atoms with van der Waals surface area (Å²) < 4.78 is 10.9. The molecule has 1 N–H and O–H groups in total. The summed E-state index contributed by atoms with van der Waals surface area (Å²) in [5.41, 5.74) is 1.14. The van der Waals surface area contributed by atoms with E-state index in [1.54, 1.807) is 7.11 Å². The number of unbranched alkanes of at least 4 members (excludes halogenated alkanes) is 1. The number of halogens is 1. The maximum Gasteiger partial charge on any atom is 0.142 e. The van der Waals surface area contributed by atoms with Crippen molar-refractivity contribution in [1.29, 1.82) is 0 Å². The highest BCUT2D eigenvalue weighted by Gasteiger charge is 2.21. The lowest BCUT2D eigenvalue weighted by Crippen LogP contribution is -2.16. The van der Waals surface area contributed by atoms with Crippen molar-refractivity contribution in [2.75, 3.05) is 20.3 Å². The van der Waals surface area contributed by atoms with Crippen molar-refractivity contribution in [1.82, 2.24) is 5.32 Å². The minimum Gasteiger partial charge on any atom is -0.492 e. The smallest absolute Gasteiger partial charge is 0.142 e. The largest absolute Gasteiger partial charge is 0.492 e. The topological polar surface area (TPSA) is 30.5 Å². The summed E-state index contributed by atoms with van der Waals surface area (Å²) in [5.74, 6) is 0.828. The van der Waals surface area contributed by atoms with Crippen LogP contribution in [0.1, 0.15) is 31.2 Å². The molecule has 0 amide bonds. The lowest BCUT2D eigenvalue weighted by Gasteiger charge is -2.13. The van der Waals surface area contributed by atoms with E-state index >= 15 is 0 Å². The molecule has 0 atom stereocenters. The van der Waals surface area contributed by atoms with Crippen LogP contribution in [0.3, 0.4) is 0 Å². The molecule has 0 heterocycles. The summed E-state index contributed by atoms with van der Waals surface area (Å²) in [6, 6.07) is 6.62. The Morgan fingerprint density at radius 1 is 1.26 bits per heavy atom. The lowest BCUT2D eigenvalue weighted by molar-refractivity contribution is 0.184. The van der Waals surface area contributed by atoms with Gasteiger partial charge < -0.3 is 14.8 Å². The fraction of sp³-hybridized carbons (Fsp3) is 0.600. The van der Waals surface area contributed by atoms with Gasteiger partial charge in [0.1, 0.15) is 5.75 Å². The average molecular weight is 284 g/mol. The van der Waals surface area contributed by atoms with Gasteiger partial charge in [-0.1, -0.05) is 23.7 Å². The highest BCUT2D eigenvalue weighted by Crippen LogP contribution is 2.29. The Morgan fingerprint density at radius 2 is 2.05 bits per heavy atom. The molecule has 2 rings (SSSR count). The van der Waals surface area contributed by atoms with Gasteiger partial charge in [-0.25, -0.2) is 0 Å². The first-order valence-corrected chi connectivity index (χ1v) is 7.31. The minimum atomic E-state index is 0.684. The molecule has 3 nitrogen and oxygen atoms in total. The SMILES string of the molecule is COCCCCOc1c(Cl)cccc1CNC1CC1. The third-order valence-corrected chi connectivity index (χ3v) is 3.49. The number of ether oxygens (including phenoxy) is 2. The molecule has 1 aromatic rings. The van der Waals surface area contributed by atoms with Crippen molar-refractivity contribution < 1.29 is 9.47 Å². The normalized spacial score (nSPS) is 14.6. The van der Waals surface area contributed by atoms with Gasteiger partial charge in [0, 0.05) is 31.9 Å². The fourth-order valence-corrected chi connectivity index (χ4v) is 2.17. The summed E-state index contributed by atoms with van der Waals surface area (Å²) in [6.45, 7) is 2.30. The molecule has 1 aromatic carbocycles. The monoisotopic (exact) mass is 283 g/mol. The van der Waals surface area contributed by atoms with Gasteiger partial charge >= 0.3 is 0 Å². The summed E-state index contributed by atoms with van der Waals surface area (Å²) in [4.78, 5) is 0. The maximum absolute atomic E-state index is 6.22. The van der Waals surface area contributed by atoms with Gasteiger partial charge in [0.2, 0.25) is 0 Å². The lowest BCUT2D eigenvalue weighted by atomic mass is 10.2. The molecular formula is C15H22ClNO2. The molecule has 0 bridgehead atoms. The fourth-order valence-electron chi connectivity index (χ4n) is 1.92. The van der Waals surface area contributed by atoms with Crippen molar-refractivity contribution in [3.05, 3.63) is 28.8 Å². The van der Waals surface area contributed by atoms with Gasteiger partial charge in [-0.15, -0.1) is 0 Å². The molecule has 1 fully saturated rings. The molecule has 0 saturated heterocycles. The zero-order valence-electron chi connectivity index (χ0n) is 11.5. The summed E-state index contributed by atoms with van der Waals surface area (Å²) in [7, 11) is 1.72. The van der Waals surface area contributed by atoms with Crippen LogP contribution >= 0.6 is 11.6 Å². The van der Waals surface area contributed by atoms with E-state index in [-0.39, 0.29) is 0 Å². The molecule has 0 spiro atoms. The van der Waals surface area contributed by atoms with E-state index in [4.69, 9.17) is 21.1 Å². The number of nitrogens with one attached hydrogen (secondary N) is 1. The van der Waals surface area contributed by atoms with Crippen LogP contribution in [-0.4, -0.2) is 26.4 Å². The number of hydrogen-bond acceptors (Lipinski definition) is 3. The van der Waals surface area contributed by atoms with Crippen molar-refractivity contribution in [2.24, 2.45) is 0 Å². The maximum atomic E-state index is 6.22. The molecule has 0 unspecified atom stereocenters. The predicted molar refractivity (Wildman–Crippen MR) is 77.9 cm³/mol. The molecule has 1 aliphatic carbocycles. The summed E-state index contributed by atoms with van der Waals surface area (Å²) >= 11 is 6.22. The van der Waals surface area contributed by atoms with Gasteiger partial charge in [-0.3, -0.25) is 0 Å². The van der Waals surface area contributed by atoms with E-state index in [0.717, 1.165) is 37.3 Å². The van der Waals surface area contributed by atoms with Crippen LogP contribution in [0.15, 0.2) is 18.2 Å². The van der Waals surface area contributed by atoms with Crippen LogP contribution < -0.4 is 10.1 Å². The predicted octanol–water partition coefficient (Wildman–Crippen LogP) is 3.40. The van der Waals surface area contributed by atoms with Crippen LogP contribution in [0.2, 0.25) is 5.02 Å². The second kappa shape index (κ2) is 7.73. The van der Waals surface area contributed by atoms with Crippen molar-refractivity contribution in [3.8, 4) is 5.75 Å². The zero-order valence-corrected chi connectivity index (χ0v) is 12.2. The van der Waals surface area contributed by atoms with Crippen LogP contribution in [0.4, 0.5) is 0 Å². The molecule has 106 valence electrons. The van der Waals surface area contributed by atoms with Gasteiger partial charge in [0.15, 0.2) is 0 Å². The quantitative estimate of drug-likeness (QED) is 0.705. The van der Waals surface area contributed by atoms with Gasteiger partial charge in [-0.05, 0) is 31.7 Å². The first-order valence-electron chi connectivity index (χ1n) is 6.94. The van der Waals surface area contributed by atoms with Gasteiger partial charge in [-0.2, -0.15) is 0 Å². The Bertz CT molecular complexity index is 394. The number of benzene rings is 1. The Morgan fingerprint density at radius 3 is 2.79 bits per heavy atom. The van der Waals surface area contributed by atoms with E-state index in [1.807, 2.05) is 12.1 Å². The van der Waals surface area contributed by atoms with E-state index in [2.05, 4.69) is 11.4 Å². The Labute approximate surface area is 120 Å². The zero-order chi connectivity index (χ0) is 13.5. The number of hydrogen-bond donors (Lipinski definition) is 1. The molecule has 0 aromatic heterocycles. The minimum absolute atomic E-state index is 0.684. The van der Waals surface area contributed by atoms with Crippen LogP contribution in [0.5, 0.6) is 5.75 Å². The highest BCUT2D eigenvalue weighted by molar-refractivity contribution is 6.32. The number of para-hydroxylation sites is 1. The van der Waals surface area contributed by atoms with E-state index in [0.29, 0.717) is 17.7 Å². The first-order chi connectivity index (χ1) is 9.31. The molecule has 4 heteroatoms. The molecule has 1 aliphatic rings. The molecular weight excluding hydrogens is 262 g/mol.